The lowest BCUT2D eigenvalue weighted by atomic mass is 10.2. The predicted octanol–water partition coefficient (Wildman–Crippen LogP) is 1.16. The highest BCUT2D eigenvalue weighted by atomic mass is 16.5. The summed E-state index contributed by atoms with van der Waals surface area (Å²) in [4.78, 5) is 10.3. The maximum Gasteiger partial charge on any atom is 0.328 e. The van der Waals surface area contributed by atoms with Gasteiger partial charge in [-0.05, 0) is 18.9 Å². The minimum absolute atomic E-state index is 0.246. The number of ether oxygens (including phenoxy) is 1. The predicted molar refractivity (Wildman–Crippen MR) is 57.9 cm³/mol. The lowest BCUT2D eigenvalue weighted by Crippen LogP contribution is -2.14. The lowest BCUT2D eigenvalue weighted by molar-refractivity contribution is -0.131. The summed E-state index contributed by atoms with van der Waals surface area (Å²) < 4.78 is 7.28. The number of carbonyl (C=O) groups is 1. The molecule has 1 N–H and O–H groups in total. The average Bonchev–Trinajstić information content (AvgIpc) is 2.87. The van der Waals surface area contributed by atoms with Gasteiger partial charge < -0.3 is 9.84 Å². The number of rotatable bonds is 4. The van der Waals surface area contributed by atoms with Crippen LogP contribution in [0.2, 0.25) is 0 Å². The summed E-state index contributed by atoms with van der Waals surface area (Å²) in [5.74, 6) is -0.952. The molecule has 0 bridgehead atoms. The Labute approximate surface area is 93.3 Å². The highest BCUT2D eigenvalue weighted by Crippen LogP contribution is 2.14. The van der Waals surface area contributed by atoms with Crippen molar-refractivity contribution in [3.05, 3.63) is 24.0 Å². The van der Waals surface area contributed by atoms with Gasteiger partial charge in [-0.2, -0.15) is 5.10 Å². The molecular formula is C11H14N2O3. The summed E-state index contributed by atoms with van der Waals surface area (Å²) in [7, 11) is 0. The van der Waals surface area contributed by atoms with Crippen LogP contribution in [0.25, 0.3) is 6.08 Å². The van der Waals surface area contributed by atoms with Gasteiger partial charge in [0, 0.05) is 24.4 Å². The number of carboxylic acids is 1. The lowest BCUT2D eigenvalue weighted by Gasteiger charge is -2.08. The number of carboxylic acid groups (broad SMARTS) is 1. The molecule has 1 aromatic heterocycles. The first-order valence-corrected chi connectivity index (χ1v) is 5.29. The molecule has 1 aliphatic heterocycles. The molecule has 1 saturated heterocycles. The number of aliphatic carboxylic acids is 1. The fourth-order valence-corrected chi connectivity index (χ4v) is 1.73. The van der Waals surface area contributed by atoms with Gasteiger partial charge in [-0.3, -0.25) is 4.68 Å². The summed E-state index contributed by atoms with van der Waals surface area (Å²) in [6.07, 6.45) is 8.53. The highest BCUT2D eigenvalue weighted by Gasteiger charge is 2.15. The van der Waals surface area contributed by atoms with Crippen LogP contribution in [0.1, 0.15) is 18.4 Å². The van der Waals surface area contributed by atoms with Crippen LogP contribution < -0.4 is 0 Å². The molecule has 0 saturated carbocycles. The van der Waals surface area contributed by atoms with Crippen molar-refractivity contribution in [3.63, 3.8) is 0 Å². The van der Waals surface area contributed by atoms with Gasteiger partial charge >= 0.3 is 5.97 Å². The number of aromatic nitrogens is 2. The number of nitrogens with zero attached hydrogens (tertiary/aromatic N) is 2. The van der Waals surface area contributed by atoms with Gasteiger partial charge in [0.15, 0.2) is 0 Å². The van der Waals surface area contributed by atoms with E-state index in [9.17, 15) is 4.79 Å². The van der Waals surface area contributed by atoms with Crippen molar-refractivity contribution in [1.82, 2.24) is 9.78 Å². The van der Waals surface area contributed by atoms with Crippen molar-refractivity contribution < 1.29 is 14.6 Å². The molecule has 0 aromatic carbocycles. The zero-order chi connectivity index (χ0) is 11.4. The fraction of sp³-hybridized carbons (Fsp3) is 0.455. The summed E-state index contributed by atoms with van der Waals surface area (Å²) in [5, 5.41) is 12.6. The normalized spacial score (nSPS) is 20.6. The second kappa shape index (κ2) is 4.94. The van der Waals surface area contributed by atoms with Crippen molar-refractivity contribution >= 4 is 12.0 Å². The SMILES string of the molecule is O=C(O)/C=C/c1cnn(C[C@@H]2CCCO2)c1. The molecule has 0 unspecified atom stereocenters. The van der Waals surface area contributed by atoms with Crippen LogP contribution in [-0.4, -0.2) is 33.6 Å². The van der Waals surface area contributed by atoms with Crippen LogP contribution in [0.5, 0.6) is 0 Å². The molecule has 0 spiro atoms. The van der Waals surface area contributed by atoms with Gasteiger partial charge in [0.25, 0.3) is 0 Å². The van der Waals surface area contributed by atoms with Crippen molar-refractivity contribution in [2.45, 2.75) is 25.5 Å². The highest BCUT2D eigenvalue weighted by molar-refractivity contribution is 5.85. The molecule has 0 amide bonds. The summed E-state index contributed by atoms with van der Waals surface area (Å²) in [6, 6.07) is 0. The molecular weight excluding hydrogens is 208 g/mol. The van der Waals surface area contributed by atoms with Crippen molar-refractivity contribution in [3.8, 4) is 0 Å². The standard InChI is InChI=1S/C11H14N2O3/c14-11(15)4-3-9-6-12-13(7-9)8-10-2-1-5-16-10/h3-4,6-7,10H,1-2,5,8H2,(H,14,15)/b4-3+/t10-/m0/s1. The first kappa shape index (κ1) is 10.9. The van der Waals surface area contributed by atoms with E-state index in [1.165, 1.54) is 6.08 Å². The third-order valence-corrected chi connectivity index (χ3v) is 2.49. The molecule has 16 heavy (non-hydrogen) atoms. The van der Waals surface area contributed by atoms with Crippen LogP contribution in [0.15, 0.2) is 18.5 Å². The van der Waals surface area contributed by atoms with Crippen molar-refractivity contribution in [2.24, 2.45) is 0 Å². The molecule has 1 aliphatic rings. The second-order valence-electron chi connectivity index (χ2n) is 3.80. The molecule has 0 aliphatic carbocycles. The smallest absolute Gasteiger partial charge is 0.328 e. The van der Waals surface area contributed by atoms with E-state index in [4.69, 9.17) is 9.84 Å². The van der Waals surface area contributed by atoms with Crippen LogP contribution in [0, 0.1) is 0 Å². The van der Waals surface area contributed by atoms with E-state index in [-0.39, 0.29) is 6.10 Å². The van der Waals surface area contributed by atoms with Gasteiger partial charge in [0.1, 0.15) is 0 Å². The quantitative estimate of drug-likeness (QED) is 0.776. The summed E-state index contributed by atoms with van der Waals surface area (Å²) in [6.45, 7) is 1.57. The molecule has 2 heterocycles. The Morgan fingerprint density at radius 1 is 1.75 bits per heavy atom. The van der Waals surface area contributed by atoms with Gasteiger partial charge in [-0.25, -0.2) is 4.79 Å². The minimum Gasteiger partial charge on any atom is -0.478 e. The van der Waals surface area contributed by atoms with Gasteiger partial charge in [-0.1, -0.05) is 0 Å². The first-order chi connectivity index (χ1) is 7.74. The van der Waals surface area contributed by atoms with Crippen LogP contribution in [0.3, 0.4) is 0 Å². The van der Waals surface area contributed by atoms with E-state index in [1.54, 1.807) is 10.9 Å². The largest absolute Gasteiger partial charge is 0.478 e. The minimum atomic E-state index is -0.952. The zero-order valence-corrected chi connectivity index (χ0v) is 8.87. The van der Waals surface area contributed by atoms with Crippen LogP contribution >= 0.6 is 0 Å². The monoisotopic (exact) mass is 222 g/mol. The van der Waals surface area contributed by atoms with Gasteiger partial charge in [-0.15, -0.1) is 0 Å². The van der Waals surface area contributed by atoms with E-state index in [1.807, 2.05) is 6.20 Å². The molecule has 0 radical (unpaired) electrons. The van der Waals surface area contributed by atoms with Crippen LogP contribution in [0.4, 0.5) is 0 Å². The maximum absolute atomic E-state index is 10.3. The molecule has 1 fully saturated rings. The Balaban J connectivity index is 1.93. The third kappa shape index (κ3) is 2.93. The summed E-state index contributed by atoms with van der Waals surface area (Å²) >= 11 is 0. The van der Waals surface area contributed by atoms with E-state index in [0.29, 0.717) is 0 Å². The van der Waals surface area contributed by atoms with E-state index in [2.05, 4.69) is 5.10 Å². The Hall–Kier alpha value is -1.62. The van der Waals surface area contributed by atoms with Crippen molar-refractivity contribution in [1.29, 1.82) is 0 Å². The summed E-state index contributed by atoms with van der Waals surface area (Å²) in [5.41, 5.74) is 0.792. The molecule has 5 nitrogen and oxygen atoms in total. The number of hydrogen-bond donors (Lipinski definition) is 1. The second-order valence-corrected chi connectivity index (χ2v) is 3.80. The number of hydrogen-bond acceptors (Lipinski definition) is 3. The molecule has 2 rings (SSSR count). The zero-order valence-electron chi connectivity index (χ0n) is 8.87. The average molecular weight is 222 g/mol. The van der Waals surface area contributed by atoms with Crippen molar-refractivity contribution in [2.75, 3.05) is 6.61 Å². The Morgan fingerprint density at radius 2 is 2.62 bits per heavy atom. The Morgan fingerprint density at radius 3 is 3.31 bits per heavy atom. The fourth-order valence-electron chi connectivity index (χ4n) is 1.73. The Bertz CT molecular complexity index is 392. The molecule has 5 heteroatoms. The Kier molecular flexibility index (Phi) is 3.36. The third-order valence-electron chi connectivity index (χ3n) is 2.49. The van der Waals surface area contributed by atoms with E-state index >= 15 is 0 Å². The first-order valence-electron chi connectivity index (χ1n) is 5.29. The topological polar surface area (TPSA) is 64.3 Å². The van der Waals surface area contributed by atoms with Crippen LogP contribution in [-0.2, 0) is 16.1 Å². The van der Waals surface area contributed by atoms with E-state index < -0.39 is 5.97 Å². The maximum atomic E-state index is 10.3. The molecule has 86 valence electrons. The van der Waals surface area contributed by atoms with E-state index in [0.717, 1.165) is 37.6 Å². The molecule has 1 atom stereocenters. The van der Waals surface area contributed by atoms with Gasteiger partial charge in [0.05, 0.1) is 18.8 Å². The van der Waals surface area contributed by atoms with Gasteiger partial charge in [0.2, 0.25) is 0 Å². The molecule has 1 aromatic rings.